The molecular weight excluding hydrogens is 1070 g/mol. The molecule has 486 valence electrons. The Bertz CT molecular complexity index is 1860. The van der Waals surface area contributed by atoms with Crippen molar-refractivity contribution in [2.45, 2.75) is 302 Å². The van der Waals surface area contributed by atoms with Crippen molar-refractivity contribution in [3.63, 3.8) is 0 Å². The summed E-state index contributed by atoms with van der Waals surface area (Å²) < 4.78 is 33.1. The first-order valence-corrected chi connectivity index (χ1v) is 36.2. The van der Waals surface area contributed by atoms with Crippen LogP contribution >= 0.6 is 7.82 Å². The van der Waals surface area contributed by atoms with E-state index in [0.717, 1.165) is 109 Å². The fourth-order valence-corrected chi connectivity index (χ4v) is 10.2. The Balaban J connectivity index is 4.01. The number of nitrogens with two attached hydrogens (primary N) is 1. The molecule has 0 aliphatic rings. The Kier molecular flexibility index (Phi) is 66.1. The van der Waals surface area contributed by atoms with Gasteiger partial charge in [-0.15, -0.1) is 0 Å². The molecule has 0 aromatic heterocycles. The second-order valence-corrected chi connectivity index (χ2v) is 24.1. The van der Waals surface area contributed by atoms with Gasteiger partial charge in [0.05, 0.1) is 13.2 Å². The normalized spacial score (nSPS) is 13.8. The summed E-state index contributed by atoms with van der Waals surface area (Å²) in [6.45, 7) is 3.62. The van der Waals surface area contributed by atoms with Crippen molar-refractivity contribution >= 4 is 19.8 Å². The van der Waals surface area contributed by atoms with Crippen LogP contribution in [-0.4, -0.2) is 49.3 Å². The molecule has 0 radical (unpaired) electrons. The molecule has 2 unspecified atom stereocenters. The molecule has 0 aliphatic heterocycles. The van der Waals surface area contributed by atoms with Crippen molar-refractivity contribution in [3.8, 4) is 0 Å². The molecule has 0 bridgehead atoms. The number of carbonyl (C=O) groups is 2. The van der Waals surface area contributed by atoms with E-state index in [4.69, 9.17) is 24.3 Å². The van der Waals surface area contributed by atoms with Crippen molar-refractivity contribution in [1.82, 2.24) is 0 Å². The minimum atomic E-state index is -4.41. The second kappa shape index (κ2) is 69.3. The first-order valence-electron chi connectivity index (χ1n) is 34.7. The summed E-state index contributed by atoms with van der Waals surface area (Å²) in [5, 5.41) is 0. The van der Waals surface area contributed by atoms with Gasteiger partial charge in [-0.2, -0.15) is 0 Å². The number of hydrogen-bond acceptors (Lipinski definition) is 8. The van der Waals surface area contributed by atoms with Crippen molar-refractivity contribution < 1.29 is 37.6 Å². The van der Waals surface area contributed by atoms with Crippen LogP contribution in [0.3, 0.4) is 0 Å². The number of hydrogen-bond donors (Lipinski definition) is 2. The van der Waals surface area contributed by atoms with Gasteiger partial charge in [-0.25, -0.2) is 4.57 Å². The molecule has 0 aromatic carbocycles. The van der Waals surface area contributed by atoms with E-state index in [0.29, 0.717) is 6.42 Å². The first kappa shape index (κ1) is 81.2. The van der Waals surface area contributed by atoms with Gasteiger partial charge in [0.25, 0.3) is 0 Å². The highest BCUT2D eigenvalue weighted by Crippen LogP contribution is 2.43. The van der Waals surface area contributed by atoms with Crippen LogP contribution in [0.5, 0.6) is 0 Å². The Labute approximate surface area is 523 Å². The molecule has 0 aromatic rings. The van der Waals surface area contributed by atoms with Crippen LogP contribution < -0.4 is 5.73 Å². The molecule has 10 heteroatoms. The lowest BCUT2D eigenvalue weighted by Crippen LogP contribution is -2.29. The quantitative estimate of drug-likeness (QED) is 0.0264. The lowest BCUT2D eigenvalue weighted by molar-refractivity contribution is -0.161. The molecule has 0 heterocycles. The van der Waals surface area contributed by atoms with Crippen molar-refractivity contribution in [3.05, 3.63) is 134 Å². The third-order valence-corrected chi connectivity index (χ3v) is 15.5. The molecule has 0 spiro atoms. The van der Waals surface area contributed by atoms with Crippen LogP contribution in [0.4, 0.5) is 0 Å². The highest BCUT2D eigenvalue weighted by atomic mass is 31.2. The molecule has 2 atom stereocenters. The van der Waals surface area contributed by atoms with Crippen LogP contribution in [-0.2, 0) is 32.7 Å². The average molecular weight is 1200 g/mol. The van der Waals surface area contributed by atoms with Crippen LogP contribution in [0.25, 0.3) is 0 Å². The Morgan fingerprint density at radius 1 is 0.365 bits per heavy atom. The third-order valence-electron chi connectivity index (χ3n) is 14.6. The van der Waals surface area contributed by atoms with Crippen LogP contribution in [0.1, 0.15) is 296 Å². The SMILES string of the molecule is CC/C=C\C/C=C\C/C=C\C/C=C\C/C=C\C/C=C\C/C=C\C/C=C\C/C=C\C/C=C\C/C=C\CCCCCC(=O)OC(COC(=O)CCCCCCCCCCCCCCCCCCCCCCCCCCCCC)COP(=O)(O)OCCN. The zero-order valence-corrected chi connectivity index (χ0v) is 55.4. The largest absolute Gasteiger partial charge is 0.472 e. The van der Waals surface area contributed by atoms with E-state index in [1.54, 1.807) is 0 Å². The standard InChI is InChI=1S/C75H128NO8P/c1-3-5-7-9-11-13-15-17-19-21-23-25-27-29-31-32-33-34-35-36-37-38-39-40-42-44-46-48-50-52-54-56-58-60-62-64-66-68-75(78)84-73(72-83-85(79,80)82-70-69-76)71-81-74(77)67-65-63-61-59-57-55-53-51-49-47-45-43-41-30-28-26-24-22-20-18-16-14-12-10-8-6-4-2/h5,7,11,13,17,19,23,25,29,31,33-34,36-37,39-40,44,46,50,52,56,58,73H,3-4,6,8-10,12,14-16,18,20-22,24,26-28,30,32,35,38,41-43,45,47-49,51,53-55,57,59-72,76H2,1-2H3,(H,79,80)/b7-5-,13-11-,19-17-,25-23-,31-29-,34-33-,37-36-,40-39-,46-44-,52-50-,58-56-. The van der Waals surface area contributed by atoms with E-state index in [9.17, 15) is 19.0 Å². The number of unbranched alkanes of at least 4 members (excludes halogenated alkanes) is 29. The van der Waals surface area contributed by atoms with E-state index in [1.165, 1.54) is 154 Å². The number of phosphoric ester groups is 1. The molecule has 0 rings (SSSR count). The summed E-state index contributed by atoms with van der Waals surface area (Å²) in [6.07, 6.45) is 98.3. The monoisotopic (exact) mass is 1200 g/mol. The number of allylic oxidation sites excluding steroid dienone is 22. The summed E-state index contributed by atoms with van der Waals surface area (Å²) in [4.78, 5) is 35.3. The van der Waals surface area contributed by atoms with Crippen molar-refractivity contribution in [2.24, 2.45) is 5.73 Å². The van der Waals surface area contributed by atoms with Crippen LogP contribution in [0, 0.1) is 0 Å². The van der Waals surface area contributed by atoms with Gasteiger partial charge in [-0.05, 0) is 96.3 Å². The lowest BCUT2D eigenvalue weighted by Gasteiger charge is -2.19. The van der Waals surface area contributed by atoms with Crippen LogP contribution in [0.2, 0.25) is 0 Å². The molecule has 3 N–H and O–H groups in total. The average Bonchev–Trinajstić information content (AvgIpc) is 3.52. The van der Waals surface area contributed by atoms with Gasteiger partial charge in [0, 0.05) is 19.4 Å². The maximum atomic E-state index is 12.7. The molecule has 0 fully saturated rings. The predicted molar refractivity (Wildman–Crippen MR) is 367 cm³/mol. The second-order valence-electron chi connectivity index (χ2n) is 22.7. The summed E-state index contributed by atoms with van der Waals surface area (Å²) in [7, 11) is -4.41. The molecular formula is C75H128NO8P. The Morgan fingerprint density at radius 2 is 0.647 bits per heavy atom. The van der Waals surface area contributed by atoms with Gasteiger partial charge in [-0.3, -0.25) is 18.6 Å². The zero-order chi connectivity index (χ0) is 61.6. The van der Waals surface area contributed by atoms with Crippen molar-refractivity contribution in [1.29, 1.82) is 0 Å². The van der Waals surface area contributed by atoms with E-state index >= 15 is 0 Å². The predicted octanol–water partition coefficient (Wildman–Crippen LogP) is 22.9. The number of esters is 2. The number of phosphoric acid groups is 1. The van der Waals surface area contributed by atoms with E-state index in [2.05, 4.69) is 148 Å². The fraction of sp³-hybridized carbons (Fsp3) is 0.680. The number of ether oxygens (including phenoxy) is 2. The van der Waals surface area contributed by atoms with E-state index < -0.39 is 26.5 Å². The van der Waals surface area contributed by atoms with Gasteiger partial charge in [0.15, 0.2) is 6.10 Å². The molecule has 0 saturated carbocycles. The molecule has 0 amide bonds. The summed E-state index contributed by atoms with van der Waals surface area (Å²) in [5.41, 5.74) is 5.40. The molecule has 85 heavy (non-hydrogen) atoms. The summed E-state index contributed by atoms with van der Waals surface area (Å²) in [5.74, 6) is -0.864. The van der Waals surface area contributed by atoms with Gasteiger partial charge < -0.3 is 20.1 Å². The Morgan fingerprint density at radius 3 is 0.965 bits per heavy atom. The fourth-order valence-electron chi connectivity index (χ4n) is 9.47. The topological polar surface area (TPSA) is 134 Å². The van der Waals surface area contributed by atoms with Crippen molar-refractivity contribution in [2.75, 3.05) is 26.4 Å². The number of rotatable bonds is 64. The van der Waals surface area contributed by atoms with Gasteiger partial charge in [-0.1, -0.05) is 321 Å². The minimum absolute atomic E-state index is 0.0423. The zero-order valence-electron chi connectivity index (χ0n) is 54.5. The maximum Gasteiger partial charge on any atom is 0.472 e. The minimum Gasteiger partial charge on any atom is -0.462 e. The molecule has 0 saturated heterocycles. The third kappa shape index (κ3) is 69.1. The van der Waals surface area contributed by atoms with Gasteiger partial charge >= 0.3 is 19.8 Å². The van der Waals surface area contributed by atoms with Gasteiger partial charge in [0.2, 0.25) is 0 Å². The highest BCUT2D eigenvalue weighted by Gasteiger charge is 2.26. The number of carbonyl (C=O) groups excluding carboxylic acids is 2. The summed E-state index contributed by atoms with van der Waals surface area (Å²) >= 11 is 0. The maximum absolute atomic E-state index is 12.7. The molecule has 0 aliphatic carbocycles. The van der Waals surface area contributed by atoms with Crippen LogP contribution in [0.15, 0.2) is 134 Å². The first-order chi connectivity index (χ1) is 41.8. The van der Waals surface area contributed by atoms with Gasteiger partial charge in [0.1, 0.15) is 6.61 Å². The summed E-state index contributed by atoms with van der Waals surface area (Å²) in [6, 6.07) is 0. The highest BCUT2D eigenvalue weighted by molar-refractivity contribution is 7.47. The van der Waals surface area contributed by atoms with E-state index in [1.807, 2.05) is 0 Å². The smallest absolute Gasteiger partial charge is 0.462 e. The van der Waals surface area contributed by atoms with E-state index in [-0.39, 0.29) is 38.6 Å². The molecule has 9 nitrogen and oxygen atoms in total. The Hall–Kier alpha value is -3.85. The lowest BCUT2D eigenvalue weighted by atomic mass is 10.0.